The molecular weight excluding hydrogens is 448 g/mol. The Kier molecular flexibility index (Phi) is 7.97. The van der Waals surface area contributed by atoms with Crippen molar-refractivity contribution in [3.63, 3.8) is 0 Å². The lowest BCUT2D eigenvalue weighted by atomic mass is 10.2. The van der Waals surface area contributed by atoms with Crippen molar-refractivity contribution in [2.45, 2.75) is 37.8 Å². The molecule has 1 aliphatic heterocycles. The maximum atomic E-state index is 12.3. The van der Waals surface area contributed by atoms with Crippen LogP contribution in [0.4, 0.5) is 22.1 Å². The molecule has 4 rings (SSSR count). The molecule has 2 amide bonds. The van der Waals surface area contributed by atoms with Gasteiger partial charge in [0.15, 0.2) is 5.82 Å². The fourth-order valence-electron chi connectivity index (χ4n) is 3.60. The standard InChI is InChI=1S/C25H30N6O2S/c1-17(2)34-16-21-14-23(31-12-13-33-15-18(31)3)30-24(27-21)19-7-9-20(10-8-19)28-25(32)29-22-6-4-5-11-26-22/h4-11,14,17-18H,12-13,15-16H2,1-3H3,(H2,26,28,29,32)/p+1/t18-/m0/s1. The van der Waals surface area contributed by atoms with E-state index in [4.69, 9.17) is 14.7 Å². The Morgan fingerprint density at radius 3 is 2.71 bits per heavy atom. The zero-order chi connectivity index (χ0) is 23.9. The van der Waals surface area contributed by atoms with Crippen LogP contribution in [-0.4, -0.2) is 52.0 Å². The van der Waals surface area contributed by atoms with Crippen LogP contribution in [0.5, 0.6) is 0 Å². The molecule has 0 aliphatic carbocycles. The number of pyridine rings is 1. The molecule has 178 valence electrons. The normalized spacial score (nSPS) is 15.9. The van der Waals surface area contributed by atoms with E-state index in [0.29, 0.717) is 35.8 Å². The molecule has 3 heterocycles. The van der Waals surface area contributed by atoms with E-state index in [-0.39, 0.29) is 12.1 Å². The lowest BCUT2D eigenvalue weighted by molar-refractivity contribution is 0.0985. The average molecular weight is 480 g/mol. The highest BCUT2D eigenvalue weighted by Gasteiger charge is 2.22. The minimum absolute atomic E-state index is 0.260. The van der Waals surface area contributed by atoms with Crippen molar-refractivity contribution < 1.29 is 9.53 Å². The third-order valence-corrected chi connectivity index (χ3v) is 6.59. The molecule has 0 unspecified atom stereocenters. The molecule has 1 saturated heterocycles. The third kappa shape index (κ3) is 6.45. The van der Waals surface area contributed by atoms with Gasteiger partial charge in [0.1, 0.15) is 22.6 Å². The maximum Gasteiger partial charge on any atom is 0.324 e. The Bertz CT molecular complexity index is 1090. The summed E-state index contributed by atoms with van der Waals surface area (Å²) in [5.74, 6) is 3.00. The van der Waals surface area contributed by atoms with E-state index in [1.54, 1.807) is 18.3 Å². The van der Waals surface area contributed by atoms with Gasteiger partial charge >= 0.3 is 6.03 Å². The maximum absolute atomic E-state index is 12.3. The van der Waals surface area contributed by atoms with Crippen LogP contribution in [0.15, 0.2) is 54.7 Å². The summed E-state index contributed by atoms with van der Waals surface area (Å²) < 4.78 is 5.61. The number of anilines is 3. The summed E-state index contributed by atoms with van der Waals surface area (Å²) in [6.45, 7) is 8.79. The molecule has 1 atom stereocenters. The van der Waals surface area contributed by atoms with Gasteiger partial charge in [0, 0.05) is 30.1 Å². The summed E-state index contributed by atoms with van der Waals surface area (Å²) in [7, 11) is 0. The molecule has 2 aromatic heterocycles. The smallest absolute Gasteiger partial charge is 0.324 e. The summed E-state index contributed by atoms with van der Waals surface area (Å²) in [6.07, 6.45) is 1.63. The minimum atomic E-state index is -0.346. The molecule has 2 N–H and O–H groups in total. The second kappa shape index (κ2) is 11.3. The number of benzene rings is 1. The van der Waals surface area contributed by atoms with Gasteiger partial charge in [-0.1, -0.05) is 6.07 Å². The molecule has 0 bridgehead atoms. The zero-order valence-electron chi connectivity index (χ0n) is 19.7. The van der Waals surface area contributed by atoms with Crippen molar-refractivity contribution in [2.24, 2.45) is 0 Å². The first-order chi connectivity index (χ1) is 16.5. The summed E-state index contributed by atoms with van der Waals surface area (Å²) in [5.41, 5.74) is 2.61. The first kappa shape index (κ1) is 24.0. The largest absolute Gasteiger partial charge is 0.377 e. The number of rotatable bonds is 7. The highest BCUT2D eigenvalue weighted by atomic mass is 32.2. The number of carbonyl (C=O) groups excluding carboxylic acids is 1. The minimum Gasteiger partial charge on any atom is -0.377 e. The molecule has 8 nitrogen and oxygen atoms in total. The number of thiol groups is 1. The SMILES string of the molecule is CC(C)[SH+]Cc1cc(N2CCOC[C@@H]2C)nc(-c2ccc(NC(=O)Nc3ccccn3)cc2)n1. The summed E-state index contributed by atoms with van der Waals surface area (Å²) in [4.78, 5) is 28.4. The monoisotopic (exact) mass is 479 g/mol. The van der Waals surface area contributed by atoms with Crippen LogP contribution in [0.3, 0.4) is 0 Å². The average Bonchev–Trinajstić information content (AvgIpc) is 2.84. The van der Waals surface area contributed by atoms with Gasteiger partial charge in [-0.3, -0.25) is 5.32 Å². The highest BCUT2D eigenvalue weighted by Crippen LogP contribution is 2.25. The van der Waals surface area contributed by atoms with Crippen molar-refractivity contribution in [1.82, 2.24) is 15.0 Å². The van der Waals surface area contributed by atoms with Crippen LogP contribution in [0, 0.1) is 0 Å². The van der Waals surface area contributed by atoms with E-state index in [2.05, 4.69) is 47.4 Å². The Morgan fingerprint density at radius 2 is 2.00 bits per heavy atom. The van der Waals surface area contributed by atoms with Crippen molar-refractivity contribution in [3.8, 4) is 11.4 Å². The predicted molar refractivity (Wildman–Crippen MR) is 140 cm³/mol. The zero-order valence-corrected chi connectivity index (χ0v) is 20.6. The van der Waals surface area contributed by atoms with Crippen molar-refractivity contribution >= 4 is 35.1 Å². The van der Waals surface area contributed by atoms with Crippen LogP contribution in [-0.2, 0) is 22.3 Å². The van der Waals surface area contributed by atoms with E-state index >= 15 is 0 Å². The number of ether oxygens (including phenoxy) is 1. The predicted octanol–water partition coefficient (Wildman–Crippen LogP) is 4.13. The quantitative estimate of drug-likeness (QED) is 0.391. The molecule has 34 heavy (non-hydrogen) atoms. The Balaban J connectivity index is 1.53. The molecule has 0 saturated carbocycles. The number of hydrogen-bond acceptors (Lipinski definition) is 6. The Labute approximate surface area is 204 Å². The van der Waals surface area contributed by atoms with Crippen LogP contribution < -0.4 is 15.5 Å². The van der Waals surface area contributed by atoms with Crippen LogP contribution in [0.1, 0.15) is 26.5 Å². The van der Waals surface area contributed by atoms with E-state index in [1.807, 2.05) is 30.3 Å². The molecule has 9 heteroatoms. The van der Waals surface area contributed by atoms with Gasteiger partial charge in [0.05, 0.1) is 24.9 Å². The molecule has 3 aromatic rings. The molecule has 0 spiro atoms. The summed E-state index contributed by atoms with van der Waals surface area (Å²) in [5, 5.41) is 6.12. The number of morpholine rings is 1. The third-order valence-electron chi connectivity index (χ3n) is 5.35. The number of amides is 2. The van der Waals surface area contributed by atoms with E-state index in [0.717, 1.165) is 29.4 Å². The van der Waals surface area contributed by atoms with Gasteiger partial charge in [0.2, 0.25) is 0 Å². The molecule has 0 radical (unpaired) electrons. The fraction of sp³-hybridized carbons (Fsp3) is 0.360. The Morgan fingerprint density at radius 1 is 1.18 bits per heavy atom. The Hall–Kier alpha value is -3.17. The highest BCUT2D eigenvalue weighted by molar-refractivity contribution is 7.78. The molecule has 1 fully saturated rings. The fourth-order valence-corrected chi connectivity index (χ4v) is 4.32. The van der Waals surface area contributed by atoms with E-state index in [1.165, 1.54) is 11.8 Å². The molecular formula is C25H31N6O2S+. The molecule has 1 aliphatic rings. The summed E-state index contributed by atoms with van der Waals surface area (Å²) >= 11 is 1.34. The van der Waals surface area contributed by atoms with Gasteiger partial charge in [-0.05, 0) is 68.9 Å². The number of carbonyl (C=O) groups is 1. The van der Waals surface area contributed by atoms with Crippen LogP contribution >= 0.6 is 0 Å². The van der Waals surface area contributed by atoms with Crippen molar-refractivity contribution in [3.05, 3.63) is 60.4 Å². The van der Waals surface area contributed by atoms with Gasteiger partial charge < -0.3 is 15.0 Å². The van der Waals surface area contributed by atoms with Gasteiger partial charge in [0.25, 0.3) is 0 Å². The second-order valence-electron chi connectivity index (χ2n) is 8.46. The number of aromatic nitrogens is 3. The lowest BCUT2D eigenvalue weighted by Gasteiger charge is -2.34. The topological polar surface area (TPSA) is 92.3 Å². The second-order valence-corrected chi connectivity index (χ2v) is 10.2. The van der Waals surface area contributed by atoms with E-state index < -0.39 is 0 Å². The first-order valence-corrected chi connectivity index (χ1v) is 12.6. The van der Waals surface area contributed by atoms with Gasteiger partial charge in [-0.2, -0.15) is 0 Å². The van der Waals surface area contributed by atoms with Crippen LogP contribution in [0.2, 0.25) is 0 Å². The number of nitrogens with zero attached hydrogens (tertiary/aromatic N) is 4. The van der Waals surface area contributed by atoms with Gasteiger partial charge in [-0.25, -0.2) is 19.7 Å². The van der Waals surface area contributed by atoms with Crippen molar-refractivity contribution in [2.75, 3.05) is 35.3 Å². The number of nitrogens with one attached hydrogen (secondary N) is 2. The van der Waals surface area contributed by atoms with E-state index in [9.17, 15) is 4.79 Å². The molecule has 1 aromatic carbocycles. The lowest BCUT2D eigenvalue weighted by Crippen LogP contribution is -2.44. The number of hydrogen-bond donors (Lipinski definition) is 2. The van der Waals surface area contributed by atoms with Crippen molar-refractivity contribution in [1.29, 1.82) is 0 Å². The first-order valence-electron chi connectivity index (χ1n) is 11.5. The van der Waals surface area contributed by atoms with Crippen LogP contribution in [0.25, 0.3) is 11.4 Å². The van der Waals surface area contributed by atoms with Gasteiger partial charge in [-0.15, -0.1) is 0 Å². The number of urea groups is 1. The summed E-state index contributed by atoms with van der Waals surface area (Å²) in [6, 6.07) is 14.9.